The van der Waals surface area contributed by atoms with Crippen LogP contribution in [0.1, 0.15) is 23.2 Å². The highest BCUT2D eigenvalue weighted by molar-refractivity contribution is 5.85. The van der Waals surface area contributed by atoms with E-state index in [2.05, 4.69) is 51.2 Å². The quantitative estimate of drug-likeness (QED) is 0.743. The predicted octanol–water partition coefficient (Wildman–Crippen LogP) is 3.15. The zero-order valence-corrected chi connectivity index (χ0v) is 12.7. The average Bonchev–Trinajstić information content (AvgIpc) is 3.03. The highest BCUT2D eigenvalue weighted by Crippen LogP contribution is 2.28. The fraction of sp³-hybridized carbons (Fsp3) is 0.278. The van der Waals surface area contributed by atoms with E-state index < -0.39 is 0 Å². The van der Waals surface area contributed by atoms with E-state index in [4.69, 9.17) is 0 Å². The van der Waals surface area contributed by atoms with Gasteiger partial charge in [-0.15, -0.1) is 0 Å². The lowest BCUT2D eigenvalue weighted by atomic mass is 10.1. The minimum absolute atomic E-state index is 0.838. The third kappa shape index (κ3) is 2.21. The number of benzene rings is 1. The maximum absolute atomic E-state index is 4.53. The van der Waals surface area contributed by atoms with Crippen LogP contribution in [0.5, 0.6) is 0 Å². The molecule has 0 saturated carbocycles. The number of hydrogen-bond acceptors (Lipinski definition) is 4. The number of aromatic nitrogens is 3. The van der Waals surface area contributed by atoms with Crippen molar-refractivity contribution in [2.45, 2.75) is 25.8 Å². The summed E-state index contributed by atoms with van der Waals surface area (Å²) in [6, 6.07) is 8.47. The van der Waals surface area contributed by atoms with Gasteiger partial charge in [0.15, 0.2) is 0 Å². The molecular formula is C18H18N4. The Morgan fingerprint density at radius 3 is 3.05 bits per heavy atom. The van der Waals surface area contributed by atoms with Gasteiger partial charge < -0.3 is 4.90 Å². The summed E-state index contributed by atoms with van der Waals surface area (Å²) in [7, 11) is 2.11. The van der Waals surface area contributed by atoms with Gasteiger partial charge in [0.1, 0.15) is 12.1 Å². The van der Waals surface area contributed by atoms with Crippen molar-refractivity contribution in [3.63, 3.8) is 0 Å². The first kappa shape index (κ1) is 13.2. The second kappa shape index (κ2) is 5.37. The summed E-state index contributed by atoms with van der Waals surface area (Å²) in [6.07, 6.45) is 8.83. The summed E-state index contributed by atoms with van der Waals surface area (Å²) >= 11 is 0. The van der Waals surface area contributed by atoms with Crippen molar-refractivity contribution < 1.29 is 0 Å². The molecule has 2 aromatic heterocycles. The molecule has 0 bridgehead atoms. The smallest absolute Gasteiger partial charge is 0.135 e. The number of aryl methyl sites for hydroxylation is 1. The monoisotopic (exact) mass is 290 g/mol. The van der Waals surface area contributed by atoms with Crippen LogP contribution in [0, 0.1) is 0 Å². The Kier molecular flexibility index (Phi) is 3.22. The van der Waals surface area contributed by atoms with Crippen molar-refractivity contribution >= 4 is 16.6 Å². The minimum atomic E-state index is 0.838. The van der Waals surface area contributed by atoms with Crippen molar-refractivity contribution in [2.75, 3.05) is 11.9 Å². The van der Waals surface area contributed by atoms with Gasteiger partial charge in [0.05, 0.1) is 0 Å². The van der Waals surface area contributed by atoms with Gasteiger partial charge in [-0.3, -0.25) is 4.98 Å². The largest absolute Gasteiger partial charge is 0.355 e. The second-order valence-electron chi connectivity index (χ2n) is 5.85. The molecule has 110 valence electrons. The Morgan fingerprint density at radius 1 is 1.14 bits per heavy atom. The first-order chi connectivity index (χ1) is 10.8. The molecule has 4 heteroatoms. The molecule has 0 spiro atoms. The molecule has 2 heterocycles. The summed E-state index contributed by atoms with van der Waals surface area (Å²) in [4.78, 5) is 15.4. The minimum Gasteiger partial charge on any atom is -0.355 e. The Labute approximate surface area is 129 Å². The molecule has 0 fully saturated rings. The maximum atomic E-state index is 4.53. The Hall–Kier alpha value is -2.49. The van der Waals surface area contributed by atoms with Gasteiger partial charge in [-0.25, -0.2) is 9.97 Å². The van der Waals surface area contributed by atoms with Crippen LogP contribution >= 0.6 is 0 Å². The van der Waals surface area contributed by atoms with Crippen molar-refractivity contribution in [1.82, 2.24) is 15.0 Å². The molecule has 0 unspecified atom stereocenters. The second-order valence-corrected chi connectivity index (χ2v) is 5.85. The van der Waals surface area contributed by atoms with E-state index in [1.165, 1.54) is 34.0 Å². The zero-order valence-electron chi connectivity index (χ0n) is 12.7. The molecule has 0 saturated heterocycles. The third-order valence-electron chi connectivity index (χ3n) is 4.39. The highest BCUT2D eigenvalue weighted by atomic mass is 15.2. The molecule has 1 aliphatic carbocycles. The number of rotatable bonds is 3. The molecule has 3 aromatic rings. The number of nitrogens with zero attached hydrogens (tertiary/aromatic N) is 4. The first-order valence-electron chi connectivity index (χ1n) is 7.68. The lowest BCUT2D eigenvalue weighted by Gasteiger charge is -2.21. The number of hydrogen-bond donors (Lipinski definition) is 0. The van der Waals surface area contributed by atoms with Crippen molar-refractivity contribution in [2.24, 2.45) is 0 Å². The Morgan fingerprint density at radius 2 is 2.09 bits per heavy atom. The molecule has 4 rings (SSSR count). The number of fused-ring (bicyclic) bond motifs is 2. The molecule has 0 amide bonds. The van der Waals surface area contributed by atoms with Crippen LogP contribution in [0.3, 0.4) is 0 Å². The van der Waals surface area contributed by atoms with E-state index in [0.29, 0.717) is 0 Å². The van der Waals surface area contributed by atoms with E-state index in [-0.39, 0.29) is 0 Å². The van der Waals surface area contributed by atoms with Crippen LogP contribution in [0.15, 0.2) is 43.0 Å². The van der Waals surface area contributed by atoms with Crippen molar-refractivity contribution in [3.8, 4) is 0 Å². The third-order valence-corrected chi connectivity index (χ3v) is 4.39. The van der Waals surface area contributed by atoms with Crippen molar-refractivity contribution in [1.29, 1.82) is 0 Å². The summed E-state index contributed by atoms with van der Waals surface area (Å²) in [6.45, 7) is 0.838. The molecule has 0 aliphatic heterocycles. The first-order valence-corrected chi connectivity index (χ1v) is 7.68. The highest BCUT2D eigenvalue weighted by Gasteiger charge is 2.19. The Bertz CT molecular complexity index is 823. The lowest BCUT2D eigenvalue weighted by molar-refractivity contribution is 0.874. The number of anilines is 1. The van der Waals surface area contributed by atoms with Gasteiger partial charge in [0.2, 0.25) is 0 Å². The van der Waals surface area contributed by atoms with E-state index in [1.54, 1.807) is 6.33 Å². The molecule has 1 aromatic carbocycles. The summed E-state index contributed by atoms with van der Waals surface area (Å²) in [5, 5.41) is 2.44. The van der Waals surface area contributed by atoms with E-state index in [1.807, 2.05) is 12.4 Å². The molecule has 22 heavy (non-hydrogen) atoms. The fourth-order valence-corrected chi connectivity index (χ4v) is 3.33. The molecule has 0 atom stereocenters. The normalized spacial score (nSPS) is 13.3. The van der Waals surface area contributed by atoms with Gasteiger partial charge in [-0.2, -0.15) is 0 Å². The molecule has 1 aliphatic rings. The molecule has 4 nitrogen and oxygen atoms in total. The van der Waals surface area contributed by atoms with Crippen LogP contribution in [0.2, 0.25) is 0 Å². The summed E-state index contributed by atoms with van der Waals surface area (Å²) < 4.78 is 0. The van der Waals surface area contributed by atoms with Gasteiger partial charge in [-0.1, -0.05) is 18.2 Å². The lowest BCUT2D eigenvalue weighted by Crippen LogP contribution is -2.20. The van der Waals surface area contributed by atoms with Gasteiger partial charge in [0, 0.05) is 42.6 Å². The number of pyridine rings is 1. The van der Waals surface area contributed by atoms with E-state index in [9.17, 15) is 0 Å². The van der Waals surface area contributed by atoms with Crippen LogP contribution in [-0.4, -0.2) is 22.0 Å². The van der Waals surface area contributed by atoms with Gasteiger partial charge in [-0.05, 0) is 36.3 Å². The fourth-order valence-electron chi connectivity index (χ4n) is 3.33. The van der Waals surface area contributed by atoms with E-state index >= 15 is 0 Å². The maximum Gasteiger partial charge on any atom is 0.135 e. The summed E-state index contributed by atoms with van der Waals surface area (Å²) in [5.41, 5.74) is 3.85. The van der Waals surface area contributed by atoms with Crippen molar-refractivity contribution in [3.05, 3.63) is 59.8 Å². The SMILES string of the molecule is CN(Cc1cccc2cnccc12)c1ncnc2c1CCC2. The van der Waals surface area contributed by atoms with Crippen LogP contribution in [0.25, 0.3) is 10.8 Å². The average molecular weight is 290 g/mol. The van der Waals surface area contributed by atoms with E-state index in [0.717, 1.165) is 25.2 Å². The van der Waals surface area contributed by atoms with Gasteiger partial charge >= 0.3 is 0 Å². The topological polar surface area (TPSA) is 41.9 Å². The molecule has 0 radical (unpaired) electrons. The van der Waals surface area contributed by atoms with Crippen LogP contribution < -0.4 is 4.90 Å². The molecule has 0 N–H and O–H groups in total. The van der Waals surface area contributed by atoms with Crippen LogP contribution in [-0.2, 0) is 19.4 Å². The summed E-state index contributed by atoms with van der Waals surface area (Å²) in [5.74, 6) is 1.08. The predicted molar refractivity (Wildman–Crippen MR) is 87.9 cm³/mol. The zero-order chi connectivity index (χ0) is 14.9. The van der Waals surface area contributed by atoms with Gasteiger partial charge in [0.25, 0.3) is 0 Å². The standard InChI is InChI=1S/C18H18N4/c1-22(18-16-6-3-7-17(16)20-12-21-18)11-14-5-2-4-13-10-19-9-8-15(13)14/h2,4-5,8-10,12H,3,6-7,11H2,1H3. The Balaban J connectivity index is 1.70. The molecular weight excluding hydrogens is 272 g/mol. The van der Waals surface area contributed by atoms with Crippen LogP contribution in [0.4, 0.5) is 5.82 Å².